The first-order valence-corrected chi connectivity index (χ1v) is 6.61. The summed E-state index contributed by atoms with van der Waals surface area (Å²) in [4.78, 5) is 0. The van der Waals surface area contributed by atoms with E-state index in [-0.39, 0.29) is 0 Å². The Bertz CT molecular complexity index is 687. The summed E-state index contributed by atoms with van der Waals surface area (Å²) in [5, 5.41) is 5.11. The second-order valence-corrected chi connectivity index (χ2v) is 5.39. The number of rotatable bonds is 0. The van der Waals surface area contributed by atoms with Crippen LogP contribution in [0.5, 0.6) is 0 Å². The lowest BCUT2D eigenvalue weighted by atomic mass is 10.0. The summed E-state index contributed by atoms with van der Waals surface area (Å²) < 4.78 is 2.21. The van der Waals surface area contributed by atoms with Gasteiger partial charge in [0.1, 0.15) is 0 Å². The van der Waals surface area contributed by atoms with Gasteiger partial charge in [0.15, 0.2) is 0 Å². The molecule has 0 bridgehead atoms. The van der Waals surface area contributed by atoms with E-state index in [4.69, 9.17) is 0 Å². The highest BCUT2D eigenvalue weighted by molar-refractivity contribution is 9.13. The highest BCUT2D eigenvalue weighted by Gasteiger charge is 2.05. The van der Waals surface area contributed by atoms with Crippen LogP contribution in [0.25, 0.3) is 21.5 Å². The summed E-state index contributed by atoms with van der Waals surface area (Å²) in [5.41, 5.74) is 0. The van der Waals surface area contributed by atoms with Gasteiger partial charge in [-0.15, -0.1) is 0 Å². The Balaban J connectivity index is 2.58. The molecular formula is C14H8Br2. The lowest BCUT2D eigenvalue weighted by molar-refractivity contribution is 1.67. The van der Waals surface area contributed by atoms with Crippen molar-refractivity contribution >= 4 is 53.4 Å². The van der Waals surface area contributed by atoms with E-state index in [1.165, 1.54) is 21.5 Å². The van der Waals surface area contributed by atoms with E-state index in [0.29, 0.717) is 0 Å². The van der Waals surface area contributed by atoms with E-state index in [9.17, 15) is 0 Å². The first-order valence-electron chi connectivity index (χ1n) is 5.03. The Morgan fingerprint density at radius 3 is 2.25 bits per heavy atom. The molecular weight excluding hydrogens is 328 g/mol. The van der Waals surface area contributed by atoms with Crippen LogP contribution in [0.1, 0.15) is 0 Å². The Kier molecular flexibility index (Phi) is 2.49. The second-order valence-electron chi connectivity index (χ2n) is 3.74. The Morgan fingerprint density at radius 1 is 0.625 bits per heavy atom. The van der Waals surface area contributed by atoms with Crippen molar-refractivity contribution in [2.24, 2.45) is 0 Å². The molecule has 0 aliphatic heterocycles. The average Bonchev–Trinajstić information content (AvgIpc) is 2.33. The van der Waals surface area contributed by atoms with Gasteiger partial charge in [-0.3, -0.25) is 0 Å². The topological polar surface area (TPSA) is 0 Å². The fourth-order valence-electron chi connectivity index (χ4n) is 2.02. The van der Waals surface area contributed by atoms with Crippen LogP contribution in [0.2, 0.25) is 0 Å². The molecule has 0 atom stereocenters. The second kappa shape index (κ2) is 3.86. The average molecular weight is 336 g/mol. The minimum Gasteiger partial charge on any atom is -0.0616 e. The summed E-state index contributed by atoms with van der Waals surface area (Å²) in [6, 6.07) is 17.0. The highest BCUT2D eigenvalue weighted by atomic mass is 79.9. The maximum atomic E-state index is 3.62. The van der Waals surface area contributed by atoms with Gasteiger partial charge in [-0.2, -0.15) is 0 Å². The SMILES string of the molecule is Brc1ccc2c(ccc3ccccc32)c1Br. The normalized spacial score (nSPS) is 11.1. The van der Waals surface area contributed by atoms with E-state index in [2.05, 4.69) is 80.4 Å². The van der Waals surface area contributed by atoms with Crippen LogP contribution < -0.4 is 0 Å². The largest absolute Gasteiger partial charge is 0.0616 e. The third-order valence-electron chi connectivity index (χ3n) is 2.81. The molecule has 3 aromatic rings. The predicted octanol–water partition coefficient (Wildman–Crippen LogP) is 5.52. The van der Waals surface area contributed by atoms with Crippen molar-refractivity contribution in [2.75, 3.05) is 0 Å². The van der Waals surface area contributed by atoms with Crippen LogP contribution >= 0.6 is 31.9 Å². The standard InChI is InChI=1S/C14H8Br2/c15-13-8-7-11-10-4-2-1-3-9(10)5-6-12(11)14(13)16/h1-8H. The van der Waals surface area contributed by atoms with Crippen LogP contribution in [0, 0.1) is 0 Å². The molecule has 0 amide bonds. The van der Waals surface area contributed by atoms with Crippen LogP contribution in [-0.2, 0) is 0 Å². The zero-order chi connectivity index (χ0) is 11.1. The molecule has 0 radical (unpaired) electrons. The zero-order valence-corrected chi connectivity index (χ0v) is 11.5. The van der Waals surface area contributed by atoms with Gasteiger partial charge in [-0.1, -0.05) is 42.5 Å². The highest BCUT2D eigenvalue weighted by Crippen LogP contribution is 2.34. The first-order chi connectivity index (χ1) is 7.77. The molecule has 3 aromatic carbocycles. The maximum absolute atomic E-state index is 3.62. The molecule has 78 valence electrons. The fraction of sp³-hybridized carbons (Fsp3) is 0. The zero-order valence-electron chi connectivity index (χ0n) is 8.37. The van der Waals surface area contributed by atoms with Crippen LogP contribution in [0.15, 0.2) is 57.5 Å². The van der Waals surface area contributed by atoms with Crippen molar-refractivity contribution in [1.82, 2.24) is 0 Å². The Hall–Kier alpha value is -0.860. The molecule has 0 fully saturated rings. The molecule has 0 saturated carbocycles. The van der Waals surface area contributed by atoms with E-state index in [1.807, 2.05) is 0 Å². The summed E-state index contributed by atoms with van der Waals surface area (Å²) in [6.45, 7) is 0. The molecule has 0 unspecified atom stereocenters. The van der Waals surface area contributed by atoms with Crippen molar-refractivity contribution in [1.29, 1.82) is 0 Å². The van der Waals surface area contributed by atoms with E-state index in [1.54, 1.807) is 0 Å². The van der Waals surface area contributed by atoms with E-state index in [0.717, 1.165) is 8.95 Å². The Labute approximate surface area is 111 Å². The van der Waals surface area contributed by atoms with E-state index < -0.39 is 0 Å². The van der Waals surface area contributed by atoms with Gasteiger partial charge in [-0.05, 0) is 59.5 Å². The molecule has 0 spiro atoms. The van der Waals surface area contributed by atoms with Crippen LogP contribution in [0.3, 0.4) is 0 Å². The number of hydrogen-bond acceptors (Lipinski definition) is 0. The quantitative estimate of drug-likeness (QED) is 0.474. The molecule has 0 aliphatic rings. The predicted molar refractivity (Wildman–Crippen MR) is 76.9 cm³/mol. The fourth-order valence-corrected chi connectivity index (χ4v) is 2.85. The smallest absolute Gasteiger partial charge is 0.0396 e. The van der Waals surface area contributed by atoms with Crippen molar-refractivity contribution in [3.05, 3.63) is 57.5 Å². The molecule has 0 N–H and O–H groups in total. The first kappa shape index (κ1) is 10.3. The van der Waals surface area contributed by atoms with Crippen LogP contribution in [0.4, 0.5) is 0 Å². The molecule has 2 heteroatoms. The molecule has 16 heavy (non-hydrogen) atoms. The summed E-state index contributed by atoms with van der Waals surface area (Å²) >= 11 is 7.15. The van der Waals surface area contributed by atoms with Gasteiger partial charge < -0.3 is 0 Å². The van der Waals surface area contributed by atoms with Gasteiger partial charge in [0, 0.05) is 8.95 Å². The molecule has 0 aliphatic carbocycles. The lowest BCUT2D eigenvalue weighted by Gasteiger charge is -2.06. The molecule has 0 saturated heterocycles. The molecule has 0 nitrogen and oxygen atoms in total. The van der Waals surface area contributed by atoms with Gasteiger partial charge >= 0.3 is 0 Å². The number of fused-ring (bicyclic) bond motifs is 3. The number of hydrogen-bond donors (Lipinski definition) is 0. The van der Waals surface area contributed by atoms with Gasteiger partial charge in [0.25, 0.3) is 0 Å². The van der Waals surface area contributed by atoms with Gasteiger partial charge in [-0.25, -0.2) is 0 Å². The van der Waals surface area contributed by atoms with Crippen LogP contribution in [-0.4, -0.2) is 0 Å². The molecule has 0 aromatic heterocycles. The van der Waals surface area contributed by atoms with Gasteiger partial charge in [0.05, 0.1) is 0 Å². The molecule has 0 heterocycles. The lowest BCUT2D eigenvalue weighted by Crippen LogP contribution is -1.79. The minimum absolute atomic E-state index is 1.09. The third kappa shape index (κ3) is 1.48. The monoisotopic (exact) mass is 334 g/mol. The van der Waals surface area contributed by atoms with Crippen molar-refractivity contribution in [3.63, 3.8) is 0 Å². The van der Waals surface area contributed by atoms with Crippen molar-refractivity contribution in [2.45, 2.75) is 0 Å². The summed E-state index contributed by atoms with van der Waals surface area (Å²) in [5.74, 6) is 0. The number of halogens is 2. The van der Waals surface area contributed by atoms with Crippen molar-refractivity contribution < 1.29 is 0 Å². The van der Waals surface area contributed by atoms with Crippen molar-refractivity contribution in [3.8, 4) is 0 Å². The number of benzene rings is 3. The molecule has 3 rings (SSSR count). The van der Waals surface area contributed by atoms with Gasteiger partial charge in [0.2, 0.25) is 0 Å². The third-order valence-corrected chi connectivity index (χ3v) is 4.86. The summed E-state index contributed by atoms with van der Waals surface area (Å²) in [6.07, 6.45) is 0. The van der Waals surface area contributed by atoms with E-state index >= 15 is 0 Å². The Morgan fingerprint density at radius 2 is 1.38 bits per heavy atom. The minimum atomic E-state index is 1.09. The maximum Gasteiger partial charge on any atom is 0.0396 e. The summed E-state index contributed by atoms with van der Waals surface area (Å²) in [7, 11) is 0.